The highest BCUT2D eigenvalue weighted by Gasteiger charge is 2.30. The van der Waals surface area contributed by atoms with Gasteiger partial charge in [-0.15, -0.1) is 0 Å². The van der Waals surface area contributed by atoms with Crippen molar-refractivity contribution < 1.29 is 14.6 Å². The third-order valence-electron chi connectivity index (χ3n) is 9.14. The van der Waals surface area contributed by atoms with Crippen LogP contribution in [0.4, 0.5) is 0 Å². The molecule has 0 aliphatic carbocycles. The molecule has 0 aromatic carbocycles. The lowest BCUT2D eigenvalue weighted by Gasteiger charge is -2.37. The average Bonchev–Trinajstić information content (AvgIpc) is 3.25. The van der Waals surface area contributed by atoms with Gasteiger partial charge in [-0.2, -0.15) is 0 Å². The summed E-state index contributed by atoms with van der Waals surface area (Å²) < 4.78 is 10.3. The molecule has 0 aromatic heterocycles. The molecule has 0 aromatic rings. The van der Waals surface area contributed by atoms with Crippen molar-refractivity contribution >= 4 is 0 Å². The van der Waals surface area contributed by atoms with Gasteiger partial charge >= 0.3 is 0 Å². The first-order valence-electron chi connectivity index (χ1n) is 16.0. The quantitative estimate of drug-likeness (QED) is 0.336. The Morgan fingerprint density at radius 3 is 1.10 bits per heavy atom. The van der Waals surface area contributed by atoms with Crippen molar-refractivity contribution in [1.82, 2.24) is 0 Å². The van der Waals surface area contributed by atoms with Crippen LogP contribution < -0.4 is 0 Å². The lowest BCUT2D eigenvalue weighted by Crippen LogP contribution is -2.37. The van der Waals surface area contributed by atoms with E-state index in [9.17, 15) is 0 Å². The Labute approximate surface area is 254 Å². The summed E-state index contributed by atoms with van der Waals surface area (Å²) in [5.74, 6) is 2.85. The highest BCUT2D eigenvalue weighted by Crippen LogP contribution is 2.32. The SMILES string of the molecule is C=C(C)C(C)(C)C.CC(C)(C)C1CCOC1.CC(C)(C)C1COC1.CC(CO)C(C)(C)C.CCC(C)C(C)(C)C. The van der Waals surface area contributed by atoms with Gasteiger partial charge in [-0.3, -0.25) is 0 Å². The first-order chi connectivity index (χ1) is 17.6. The van der Waals surface area contributed by atoms with Crippen molar-refractivity contribution in [2.24, 2.45) is 50.7 Å². The van der Waals surface area contributed by atoms with E-state index in [4.69, 9.17) is 14.6 Å². The highest BCUT2D eigenvalue weighted by atomic mass is 16.5. The molecular formula is C37H78O3. The predicted molar refractivity (Wildman–Crippen MR) is 181 cm³/mol. The molecule has 2 aliphatic heterocycles. The molecule has 0 radical (unpaired) electrons. The first kappa shape index (κ1) is 44.1. The maximum atomic E-state index is 8.67. The third kappa shape index (κ3) is 23.2. The van der Waals surface area contributed by atoms with Gasteiger partial charge < -0.3 is 14.6 Å². The van der Waals surface area contributed by atoms with Gasteiger partial charge in [0.15, 0.2) is 0 Å². The minimum absolute atomic E-state index is 0.259. The molecule has 2 rings (SSSR count). The van der Waals surface area contributed by atoms with E-state index in [2.05, 4.69) is 138 Å². The summed E-state index contributed by atoms with van der Waals surface area (Å²) in [6.45, 7) is 50.1. The maximum Gasteiger partial charge on any atom is 0.0521 e. The average molecular weight is 571 g/mol. The Morgan fingerprint density at radius 1 is 0.700 bits per heavy atom. The Kier molecular flexibility index (Phi) is 20.9. The fourth-order valence-electron chi connectivity index (χ4n) is 2.84. The summed E-state index contributed by atoms with van der Waals surface area (Å²) >= 11 is 0. The van der Waals surface area contributed by atoms with Crippen LogP contribution in [0, 0.1) is 50.7 Å². The normalized spacial score (nSPS) is 19.6. The van der Waals surface area contributed by atoms with Gasteiger partial charge in [0, 0.05) is 25.7 Å². The number of ether oxygens (including phenoxy) is 2. The van der Waals surface area contributed by atoms with E-state index in [1.54, 1.807) is 0 Å². The Bertz CT molecular complexity index is 578. The molecular weight excluding hydrogens is 492 g/mol. The second-order valence-electron chi connectivity index (χ2n) is 17.7. The van der Waals surface area contributed by atoms with E-state index in [0.717, 1.165) is 44.2 Å². The van der Waals surface area contributed by atoms with Crippen molar-refractivity contribution in [2.75, 3.05) is 33.0 Å². The van der Waals surface area contributed by atoms with Gasteiger partial charge in [0.25, 0.3) is 0 Å². The summed E-state index contributed by atoms with van der Waals surface area (Å²) in [6.07, 6.45) is 2.55. The largest absolute Gasteiger partial charge is 0.396 e. The highest BCUT2D eigenvalue weighted by molar-refractivity contribution is 4.99. The number of aliphatic hydroxyl groups is 1. The molecule has 2 saturated heterocycles. The Morgan fingerprint density at radius 2 is 1.05 bits per heavy atom. The molecule has 0 saturated carbocycles. The Balaban J connectivity index is -0.000000429. The van der Waals surface area contributed by atoms with E-state index >= 15 is 0 Å². The first-order valence-corrected chi connectivity index (χ1v) is 16.0. The fraction of sp³-hybridized carbons (Fsp3) is 0.946. The van der Waals surface area contributed by atoms with E-state index in [-0.39, 0.29) is 5.41 Å². The zero-order chi connectivity index (χ0) is 32.8. The van der Waals surface area contributed by atoms with Gasteiger partial charge in [-0.1, -0.05) is 143 Å². The van der Waals surface area contributed by atoms with Crippen LogP contribution in [0.3, 0.4) is 0 Å². The zero-order valence-electron chi connectivity index (χ0n) is 31.2. The molecule has 2 aliphatic rings. The second kappa shape index (κ2) is 19.0. The van der Waals surface area contributed by atoms with Gasteiger partial charge in [0.2, 0.25) is 0 Å². The fourth-order valence-corrected chi connectivity index (χ4v) is 2.84. The van der Waals surface area contributed by atoms with Crippen LogP contribution in [0.25, 0.3) is 0 Å². The predicted octanol–water partition coefficient (Wildman–Crippen LogP) is 11.1. The Hall–Kier alpha value is -0.380. The smallest absolute Gasteiger partial charge is 0.0521 e. The lowest BCUT2D eigenvalue weighted by atomic mass is 9.80. The summed E-state index contributed by atoms with van der Waals surface area (Å²) in [5, 5.41) is 8.67. The van der Waals surface area contributed by atoms with Gasteiger partial charge in [0.1, 0.15) is 0 Å². The summed E-state index contributed by atoms with van der Waals surface area (Å²) in [7, 11) is 0. The number of allylic oxidation sites excluding steroid dienone is 1. The molecule has 2 heterocycles. The lowest BCUT2D eigenvalue weighted by molar-refractivity contribution is -0.0821. The summed E-state index contributed by atoms with van der Waals surface area (Å²) in [5.41, 5.74) is 3.24. The number of rotatable bonds is 2. The molecule has 0 bridgehead atoms. The van der Waals surface area contributed by atoms with Crippen molar-refractivity contribution in [2.45, 2.75) is 144 Å². The van der Waals surface area contributed by atoms with E-state index in [0.29, 0.717) is 34.2 Å². The molecule has 0 amide bonds. The second-order valence-corrected chi connectivity index (χ2v) is 17.7. The van der Waals surface area contributed by atoms with Gasteiger partial charge in [0.05, 0.1) is 13.2 Å². The zero-order valence-corrected chi connectivity index (χ0v) is 31.2. The third-order valence-corrected chi connectivity index (χ3v) is 9.14. The van der Waals surface area contributed by atoms with Crippen LogP contribution >= 0.6 is 0 Å². The molecule has 2 fully saturated rings. The van der Waals surface area contributed by atoms with E-state index < -0.39 is 0 Å². The van der Waals surface area contributed by atoms with Crippen molar-refractivity contribution in [3.8, 4) is 0 Å². The molecule has 3 nitrogen and oxygen atoms in total. The van der Waals surface area contributed by atoms with Crippen molar-refractivity contribution in [3.05, 3.63) is 12.2 Å². The molecule has 40 heavy (non-hydrogen) atoms. The van der Waals surface area contributed by atoms with Crippen LogP contribution in [0.5, 0.6) is 0 Å². The summed E-state index contributed by atoms with van der Waals surface area (Å²) in [4.78, 5) is 0. The molecule has 3 heteroatoms. The van der Waals surface area contributed by atoms with Crippen LogP contribution in [-0.4, -0.2) is 38.1 Å². The topological polar surface area (TPSA) is 38.7 Å². The van der Waals surface area contributed by atoms with Crippen molar-refractivity contribution in [3.63, 3.8) is 0 Å². The standard InChI is InChI=1S/C8H16O.C8H18.C7H14O.C7H16O.C7H14/c1-8(2,3)7-4-5-9-6-7;1-6-7(2)8(3,4)5;1-7(2,3)6-4-8-5-6;1-6(5-8)7(2,3)4;1-6(2)7(3,4)5/h7H,4-6H2,1-3H3;7H,6H2,1-5H3;6H,4-5H2,1-3H3;6,8H,5H2,1-4H3;1H2,2-5H3. The molecule has 1 N–H and O–H groups in total. The molecule has 0 spiro atoms. The van der Waals surface area contributed by atoms with Gasteiger partial charge in [-0.25, -0.2) is 0 Å². The van der Waals surface area contributed by atoms with E-state index in [1.165, 1.54) is 18.4 Å². The minimum atomic E-state index is 0.259. The molecule has 3 unspecified atom stereocenters. The minimum Gasteiger partial charge on any atom is -0.396 e. The maximum absolute atomic E-state index is 8.67. The van der Waals surface area contributed by atoms with Crippen LogP contribution in [0.1, 0.15) is 144 Å². The van der Waals surface area contributed by atoms with Crippen LogP contribution in [0.15, 0.2) is 12.2 Å². The molecule has 3 atom stereocenters. The van der Waals surface area contributed by atoms with Gasteiger partial charge in [-0.05, 0) is 58.2 Å². The van der Waals surface area contributed by atoms with Crippen LogP contribution in [0.2, 0.25) is 0 Å². The number of aliphatic hydroxyl groups excluding tert-OH is 1. The van der Waals surface area contributed by atoms with Crippen molar-refractivity contribution in [1.29, 1.82) is 0 Å². The summed E-state index contributed by atoms with van der Waals surface area (Å²) in [6, 6.07) is 0. The number of hydrogen-bond acceptors (Lipinski definition) is 3. The number of hydrogen-bond donors (Lipinski definition) is 1. The monoisotopic (exact) mass is 571 g/mol. The molecule has 244 valence electrons. The van der Waals surface area contributed by atoms with Crippen LogP contribution in [-0.2, 0) is 9.47 Å². The van der Waals surface area contributed by atoms with E-state index in [1.807, 2.05) is 0 Å².